The van der Waals surface area contributed by atoms with Crippen molar-refractivity contribution in [1.82, 2.24) is 15.3 Å². The minimum Gasteiger partial charge on any atom is -0.356 e. The van der Waals surface area contributed by atoms with Gasteiger partial charge in [0.05, 0.1) is 5.75 Å². The fourth-order valence-electron chi connectivity index (χ4n) is 3.17. The van der Waals surface area contributed by atoms with E-state index in [2.05, 4.69) is 25.5 Å². The molecule has 2 aromatic rings. The molecule has 1 aliphatic heterocycles. The molecule has 0 saturated carbocycles. The second kappa shape index (κ2) is 10.5. The summed E-state index contributed by atoms with van der Waals surface area (Å²) in [7, 11) is 0. The quantitative estimate of drug-likeness (QED) is 0.515. The summed E-state index contributed by atoms with van der Waals surface area (Å²) >= 11 is 7.29. The van der Waals surface area contributed by atoms with Gasteiger partial charge in [0.1, 0.15) is 17.2 Å². The van der Waals surface area contributed by atoms with Crippen LogP contribution in [0, 0.1) is 5.92 Å². The molecular weight excluding hydrogens is 410 g/mol. The van der Waals surface area contributed by atoms with E-state index in [4.69, 9.17) is 11.6 Å². The Morgan fingerprint density at radius 2 is 2.03 bits per heavy atom. The monoisotopic (exact) mass is 433 g/mol. The van der Waals surface area contributed by atoms with Crippen molar-refractivity contribution in [3.8, 4) is 0 Å². The minimum atomic E-state index is -0.125. The van der Waals surface area contributed by atoms with E-state index in [0.717, 1.165) is 36.8 Å². The summed E-state index contributed by atoms with van der Waals surface area (Å²) < 4.78 is 0. The van der Waals surface area contributed by atoms with Gasteiger partial charge >= 0.3 is 0 Å². The van der Waals surface area contributed by atoms with E-state index in [1.807, 2.05) is 13.0 Å². The number of thioether (sulfide) groups is 1. The SMILES string of the molecule is CCNC(=O)C1CCN(c2cc(SCC(=O)Nc3cccc(Cl)c3)ncn2)CC1. The summed E-state index contributed by atoms with van der Waals surface area (Å²) in [6.07, 6.45) is 3.13. The van der Waals surface area contributed by atoms with Crippen LogP contribution in [0.2, 0.25) is 5.02 Å². The Kier molecular flexibility index (Phi) is 7.71. The fourth-order valence-corrected chi connectivity index (χ4v) is 4.03. The second-order valence-corrected chi connectivity index (χ2v) is 8.15. The molecule has 0 atom stereocenters. The zero-order chi connectivity index (χ0) is 20.6. The van der Waals surface area contributed by atoms with E-state index >= 15 is 0 Å². The number of nitrogens with zero attached hydrogens (tertiary/aromatic N) is 3. The molecule has 7 nitrogen and oxygen atoms in total. The van der Waals surface area contributed by atoms with Gasteiger partial charge in [0.15, 0.2) is 0 Å². The molecule has 3 rings (SSSR count). The number of aromatic nitrogens is 2. The zero-order valence-electron chi connectivity index (χ0n) is 16.2. The highest BCUT2D eigenvalue weighted by molar-refractivity contribution is 7.99. The van der Waals surface area contributed by atoms with Crippen molar-refractivity contribution in [2.45, 2.75) is 24.8 Å². The van der Waals surface area contributed by atoms with E-state index < -0.39 is 0 Å². The number of carbonyl (C=O) groups excluding carboxylic acids is 2. The van der Waals surface area contributed by atoms with Gasteiger partial charge in [-0.05, 0) is 38.0 Å². The first-order chi connectivity index (χ1) is 14.0. The van der Waals surface area contributed by atoms with Crippen molar-refractivity contribution in [3.63, 3.8) is 0 Å². The van der Waals surface area contributed by atoms with Crippen molar-refractivity contribution in [2.75, 3.05) is 35.6 Å². The molecule has 1 aliphatic rings. The van der Waals surface area contributed by atoms with Crippen LogP contribution in [0.4, 0.5) is 11.5 Å². The summed E-state index contributed by atoms with van der Waals surface area (Å²) in [6.45, 7) is 4.15. The van der Waals surface area contributed by atoms with E-state index in [-0.39, 0.29) is 23.5 Å². The average molecular weight is 434 g/mol. The van der Waals surface area contributed by atoms with Gasteiger partial charge in [-0.3, -0.25) is 9.59 Å². The molecule has 1 aromatic heterocycles. The van der Waals surface area contributed by atoms with Gasteiger partial charge in [-0.1, -0.05) is 29.4 Å². The zero-order valence-corrected chi connectivity index (χ0v) is 17.8. The van der Waals surface area contributed by atoms with Gasteiger partial charge in [0.25, 0.3) is 0 Å². The highest BCUT2D eigenvalue weighted by atomic mass is 35.5. The summed E-state index contributed by atoms with van der Waals surface area (Å²) in [5.74, 6) is 1.14. The molecule has 1 saturated heterocycles. The lowest BCUT2D eigenvalue weighted by atomic mass is 9.96. The van der Waals surface area contributed by atoms with Crippen molar-refractivity contribution < 1.29 is 9.59 Å². The van der Waals surface area contributed by atoms with Gasteiger partial charge in [-0.25, -0.2) is 9.97 Å². The number of carbonyl (C=O) groups is 2. The van der Waals surface area contributed by atoms with Crippen molar-refractivity contribution >= 4 is 46.7 Å². The number of benzene rings is 1. The van der Waals surface area contributed by atoms with Crippen molar-refractivity contribution in [1.29, 1.82) is 0 Å². The van der Waals surface area contributed by atoms with Gasteiger partial charge in [0, 0.05) is 42.3 Å². The largest absolute Gasteiger partial charge is 0.356 e. The molecule has 0 radical (unpaired) electrons. The lowest BCUT2D eigenvalue weighted by molar-refractivity contribution is -0.125. The van der Waals surface area contributed by atoms with Crippen LogP contribution in [0.5, 0.6) is 0 Å². The number of hydrogen-bond acceptors (Lipinski definition) is 6. The molecule has 2 amide bonds. The molecule has 0 bridgehead atoms. The number of amides is 2. The van der Waals surface area contributed by atoms with Gasteiger partial charge in [-0.15, -0.1) is 0 Å². The maximum atomic E-state index is 12.2. The molecule has 0 unspecified atom stereocenters. The Bertz CT molecular complexity index is 858. The average Bonchev–Trinajstić information content (AvgIpc) is 2.73. The van der Waals surface area contributed by atoms with Crippen LogP contribution < -0.4 is 15.5 Å². The number of piperidine rings is 1. The summed E-state index contributed by atoms with van der Waals surface area (Å²) in [6, 6.07) is 8.94. The normalized spacial score (nSPS) is 14.5. The number of rotatable bonds is 7. The first-order valence-electron chi connectivity index (χ1n) is 9.58. The molecule has 154 valence electrons. The maximum Gasteiger partial charge on any atom is 0.234 e. The fraction of sp³-hybridized carbons (Fsp3) is 0.400. The predicted octanol–water partition coefficient (Wildman–Crippen LogP) is 3.21. The van der Waals surface area contributed by atoms with E-state index in [0.29, 0.717) is 17.3 Å². The molecule has 29 heavy (non-hydrogen) atoms. The Labute approximate surface area is 179 Å². The first kappa shape index (κ1) is 21.4. The van der Waals surface area contributed by atoms with E-state index in [1.54, 1.807) is 24.3 Å². The third-order valence-corrected chi connectivity index (χ3v) is 5.79. The molecule has 1 fully saturated rings. The van der Waals surface area contributed by atoms with Crippen LogP contribution in [-0.4, -0.2) is 47.2 Å². The highest BCUT2D eigenvalue weighted by Gasteiger charge is 2.25. The predicted molar refractivity (Wildman–Crippen MR) is 116 cm³/mol. The van der Waals surface area contributed by atoms with Crippen LogP contribution in [-0.2, 0) is 9.59 Å². The Morgan fingerprint density at radius 1 is 1.24 bits per heavy atom. The Morgan fingerprint density at radius 3 is 2.76 bits per heavy atom. The number of halogens is 1. The smallest absolute Gasteiger partial charge is 0.234 e. The van der Waals surface area contributed by atoms with Crippen LogP contribution >= 0.6 is 23.4 Å². The van der Waals surface area contributed by atoms with E-state index in [1.165, 1.54) is 18.1 Å². The molecule has 0 spiro atoms. The number of hydrogen-bond donors (Lipinski definition) is 2. The molecule has 0 aliphatic carbocycles. The van der Waals surface area contributed by atoms with Gasteiger partial charge in [-0.2, -0.15) is 0 Å². The van der Waals surface area contributed by atoms with Crippen LogP contribution in [0.1, 0.15) is 19.8 Å². The third kappa shape index (κ3) is 6.33. The van der Waals surface area contributed by atoms with Crippen LogP contribution in [0.3, 0.4) is 0 Å². The molecule has 2 heterocycles. The third-order valence-electron chi connectivity index (χ3n) is 4.63. The highest BCUT2D eigenvalue weighted by Crippen LogP contribution is 2.25. The number of nitrogens with one attached hydrogen (secondary N) is 2. The van der Waals surface area contributed by atoms with Crippen molar-refractivity contribution in [3.05, 3.63) is 41.7 Å². The summed E-state index contributed by atoms with van der Waals surface area (Å²) in [4.78, 5) is 34.9. The topological polar surface area (TPSA) is 87.2 Å². The molecule has 9 heteroatoms. The Balaban J connectivity index is 1.51. The second-order valence-electron chi connectivity index (χ2n) is 6.72. The molecular formula is C20H24ClN5O2S. The van der Waals surface area contributed by atoms with Crippen LogP contribution in [0.15, 0.2) is 41.7 Å². The van der Waals surface area contributed by atoms with Gasteiger partial charge in [0.2, 0.25) is 11.8 Å². The Hall–Kier alpha value is -2.32. The summed E-state index contributed by atoms with van der Waals surface area (Å²) in [5.41, 5.74) is 0.668. The lowest BCUT2D eigenvalue weighted by Gasteiger charge is -2.32. The van der Waals surface area contributed by atoms with Crippen molar-refractivity contribution in [2.24, 2.45) is 5.92 Å². The maximum absolute atomic E-state index is 12.2. The standard InChI is InChI=1S/C20H24ClN5O2S/c1-2-22-20(28)14-6-8-26(9-7-14)17-11-19(24-13-23-17)29-12-18(27)25-16-5-3-4-15(21)10-16/h3-5,10-11,13-14H,2,6-9,12H2,1H3,(H,22,28)(H,25,27). The minimum absolute atomic E-state index is 0.0667. The van der Waals surface area contributed by atoms with E-state index in [9.17, 15) is 9.59 Å². The molecule has 1 aromatic carbocycles. The first-order valence-corrected chi connectivity index (χ1v) is 10.9. The molecule has 2 N–H and O–H groups in total. The van der Waals surface area contributed by atoms with Crippen LogP contribution in [0.25, 0.3) is 0 Å². The van der Waals surface area contributed by atoms with Gasteiger partial charge < -0.3 is 15.5 Å². The lowest BCUT2D eigenvalue weighted by Crippen LogP contribution is -2.40. The number of anilines is 2. The summed E-state index contributed by atoms with van der Waals surface area (Å²) in [5, 5.41) is 7.03.